The SMILES string of the molecule is CC[C@H](C)[C@H](N)CN(C)c1ccccc1OC. The van der Waals surface area contributed by atoms with Crippen LogP contribution in [0.4, 0.5) is 5.69 Å². The highest BCUT2D eigenvalue weighted by atomic mass is 16.5. The van der Waals surface area contributed by atoms with Gasteiger partial charge in [-0.15, -0.1) is 0 Å². The molecule has 2 atom stereocenters. The minimum Gasteiger partial charge on any atom is -0.495 e. The van der Waals surface area contributed by atoms with E-state index in [0.29, 0.717) is 5.92 Å². The van der Waals surface area contributed by atoms with Gasteiger partial charge in [0.1, 0.15) is 5.75 Å². The molecule has 0 saturated heterocycles. The Kier molecular flexibility index (Phi) is 5.29. The van der Waals surface area contributed by atoms with Gasteiger partial charge in [-0.05, 0) is 18.1 Å². The Morgan fingerprint density at radius 3 is 2.59 bits per heavy atom. The quantitative estimate of drug-likeness (QED) is 0.824. The van der Waals surface area contributed by atoms with E-state index in [9.17, 15) is 0 Å². The summed E-state index contributed by atoms with van der Waals surface area (Å²) in [6.07, 6.45) is 1.11. The molecule has 0 bridgehead atoms. The fraction of sp³-hybridized carbons (Fsp3) is 0.571. The molecule has 0 saturated carbocycles. The van der Waals surface area contributed by atoms with Crippen LogP contribution >= 0.6 is 0 Å². The first-order chi connectivity index (χ1) is 8.10. The first kappa shape index (κ1) is 13.8. The molecule has 0 radical (unpaired) electrons. The second-order valence-electron chi connectivity index (χ2n) is 4.60. The Balaban J connectivity index is 2.72. The van der Waals surface area contributed by atoms with Gasteiger partial charge in [-0.25, -0.2) is 0 Å². The van der Waals surface area contributed by atoms with E-state index in [4.69, 9.17) is 10.5 Å². The number of rotatable bonds is 6. The van der Waals surface area contributed by atoms with Crippen molar-refractivity contribution in [1.82, 2.24) is 0 Å². The molecule has 0 unspecified atom stereocenters. The summed E-state index contributed by atoms with van der Waals surface area (Å²) >= 11 is 0. The minimum absolute atomic E-state index is 0.190. The third-order valence-electron chi connectivity index (χ3n) is 3.36. The molecule has 3 heteroatoms. The fourth-order valence-corrected chi connectivity index (χ4v) is 1.84. The number of nitrogens with two attached hydrogens (primary N) is 1. The van der Waals surface area contributed by atoms with Crippen molar-refractivity contribution in [3.8, 4) is 5.75 Å². The lowest BCUT2D eigenvalue weighted by molar-refractivity contribution is 0.411. The lowest BCUT2D eigenvalue weighted by Crippen LogP contribution is -2.39. The maximum Gasteiger partial charge on any atom is 0.142 e. The smallest absolute Gasteiger partial charge is 0.142 e. The molecule has 0 spiro atoms. The van der Waals surface area contributed by atoms with Crippen molar-refractivity contribution < 1.29 is 4.74 Å². The number of methoxy groups -OCH3 is 1. The van der Waals surface area contributed by atoms with Crippen LogP contribution in [0.3, 0.4) is 0 Å². The van der Waals surface area contributed by atoms with Gasteiger partial charge in [0.15, 0.2) is 0 Å². The van der Waals surface area contributed by atoms with Crippen LogP contribution in [0.5, 0.6) is 5.75 Å². The molecular formula is C14H24N2O. The zero-order chi connectivity index (χ0) is 12.8. The van der Waals surface area contributed by atoms with Gasteiger partial charge in [-0.3, -0.25) is 0 Å². The Morgan fingerprint density at radius 1 is 1.35 bits per heavy atom. The summed E-state index contributed by atoms with van der Waals surface area (Å²) in [6.45, 7) is 5.21. The fourth-order valence-electron chi connectivity index (χ4n) is 1.84. The molecule has 0 amide bonds. The topological polar surface area (TPSA) is 38.5 Å². The molecule has 3 nitrogen and oxygen atoms in total. The summed E-state index contributed by atoms with van der Waals surface area (Å²) in [5, 5.41) is 0. The molecule has 1 aromatic carbocycles. The average Bonchev–Trinajstić information content (AvgIpc) is 2.37. The molecule has 0 heterocycles. The number of anilines is 1. The standard InChI is InChI=1S/C14H24N2O/c1-5-11(2)12(15)10-16(3)13-8-6-7-9-14(13)17-4/h6-9,11-12H,5,10,15H2,1-4H3/t11-,12+/m0/s1. The summed E-state index contributed by atoms with van der Waals surface area (Å²) < 4.78 is 5.35. The van der Waals surface area contributed by atoms with E-state index >= 15 is 0 Å². The van der Waals surface area contributed by atoms with Crippen LogP contribution in [0.2, 0.25) is 0 Å². The van der Waals surface area contributed by atoms with E-state index in [1.165, 1.54) is 0 Å². The number of hydrogen-bond acceptors (Lipinski definition) is 3. The molecule has 0 aromatic heterocycles. The second-order valence-corrected chi connectivity index (χ2v) is 4.60. The molecule has 1 aromatic rings. The predicted octanol–water partition coefficient (Wildman–Crippen LogP) is 2.50. The zero-order valence-corrected chi connectivity index (χ0v) is 11.3. The van der Waals surface area contributed by atoms with Crippen molar-refractivity contribution in [3.05, 3.63) is 24.3 Å². The van der Waals surface area contributed by atoms with Gasteiger partial charge in [0, 0.05) is 19.6 Å². The van der Waals surface area contributed by atoms with Gasteiger partial charge in [-0.1, -0.05) is 32.4 Å². The molecule has 0 fully saturated rings. The normalized spacial score (nSPS) is 14.2. The van der Waals surface area contributed by atoms with E-state index in [1.54, 1.807) is 7.11 Å². The highest BCUT2D eigenvalue weighted by Crippen LogP contribution is 2.26. The number of likely N-dealkylation sites (N-methyl/N-ethyl adjacent to an activating group) is 1. The zero-order valence-electron chi connectivity index (χ0n) is 11.3. The van der Waals surface area contributed by atoms with Gasteiger partial charge in [0.05, 0.1) is 12.8 Å². The molecule has 0 aliphatic carbocycles. The first-order valence-corrected chi connectivity index (χ1v) is 6.19. The molecule has 0 aliphatic rings. The van der Waals surface area contributed by atoms with Crippen molar-refractivity contribution in [2.24, 2.45) is 11.7 Å². The molecular weight excluding hydrogens is 212 g/mol. The van der Waals surface area contributed by atoms with Crippen LogP contribution in [0.1, 0.15) is 20.3 Å². The number of hydrogen-bond donors (Lipinski definition) is 1. The summed E-state index contributed by atoms with van der Waals surface area (Å²) in [4.78, 5) is 2.16. The van der Waals surface area contributed by atoms with Crippen molar-refractivity contribution in [1.29, 1.82) is 0 Å². The molecule has 0 aliphatic heterocycles. The van der Waals surface area contributed by atoms with Crippen LogP contribution in [-0.2, 0) is 0 Å². The Bertz CT molecular complexity index is 341. The van der Waals surface area contributed by atoms with E-state index in [-0.39, 0.29) is 6.04 Å². The number of benzene rings is 1. The molecule has 17 heavy (non-hydrogen) atoms. The Labute approximate surface area is 105 Å². The van der Waals surface area contributed by atoms with E-state index in [2.05, 4.69) is 31.9 Å². The molecule has 1 rings (SSSR count). The van der Waals surface area contributed by atoms with Crippen molar-refractivity contribution in [2.75, 3.05) is 25.6 Å². The molecule has 2 N–H and O–H groups in total. The number of ether oxygens (including phenoxy) is 1. The summed E-state index contributed by atoms with van der Waals surface area (Å²) in [5.41, 5.74) is 7.27. The minimum atomic E-state index is 0.190. The maximum absolute atomic E-state index is 6.18. The highest BCUT2D eigenvalue weighted by Gasteiger charge is 2.15. The number of nitrogens with zero attached hydrogens (tertiary/aromatic N) is 1. The van der Waals surface area contributed by atoms with E-state index in [1.807, 2.05) is 18.2 Å². The summed E-state index contributed by atoms with van der Waals surface area (Å²) in [5.74, 6) is 1.43. The van der Waals surface area contributed by atoms with Crippen molar-refractivity contribution >= 4 is 5.69 Å². The summed E-state index contributed by atoms with van der Waals surface area (Å²) in [6, 6.07) is 8.21. The average molecular weight is 236 g/mol. The lowest BCUT2D eigenvalue weighted by Gasteiger charge is -2.27. The first-order valence-electron chi connectivity index (χ1n) is 6.19. The second kappa shape index (κ2) is 6.50. The van der Waals surface area contributed by atoms with Crippen LogP contribution in [0, 0.1) is 5.92 Å². The largest absolute Gasteiger partial charge is 0.495 e. The third-order valence-corrected chi connectivity index (χ3v) is 3.36. The van der Waals surface area contributed by atoms with Gasteiger partial charge in [-0.2, -0.15) is 0 Å². The monoisotopic (exact) mass is 236 g/mol. The van der Waals surface area contributed by atoms with Crippen molar-refractivity contribution in [3.63, 3.8) is 0 Å². The predicted molar refractivity (Wildman–Crippen MR) is 73.7 cm³/mol. The van der Waals surface area contributed by atoms with Gasteiger partial charge in [0.2, 0.25) is 0 Å². The van der Waals surface area contributed by atoms with E-state index < -0.39 is 0 Å². The Hall–Kier alpha value is -1.22. The maximum atomic E-state index is 6.18. The highest BCUT2D eigenvalue weighted by molar-refractivity contribution is 5.57. The van der Waals surface area contributed by atoms with Gasteiger partial charge in [0.25, 0.3) is 0 Å². The Morgan fingerprint density at radius 2 is 2.00 bits per heavy atom. The van der Waals surface area contributed by atoms with Crippen LogP contribution in [0.25, 0.3) is 0 Å². The van der Waals surface area contributed by atoms with Gasteiger partial charge >= 0.3 is 0 Å². The number of para-hydroxylation sites is 2. The third kappa shape index (κ3) is 3.63. The van der Waals surface area contributed by atoms with Crippen molar-refractivity contribution in [2.45, 2.75) is 26.3 Å². The van der Waals surface area contributed by atoms with E-state index in [0.717, 1.165) is 24.4 Å². The van der Waals surface area contributed by atoms with Crippen LogP contribution in [-0.4, -0.2) is 26.7 Å². The van der Waals surface area contributed by atoms with Crippen LogP contribution < -0.4 is 15.4 Å². The summed E-state index contributed by atoms with van der Waals surface area (Å²) in [7, 11) is 3.75. The molecule has 96 valence electrons. The van der Waals surface area contributed by atoms with Crippen LogP contribution in [0.15, 0.2) is 24.3 Å². The lowest BCUT2D eigenvalue weighted by atomic mass is 9.99. The van der Waals surface area contributed by atoms with Gasteiger partial charge < -0.3 is 15.4 Å².